The first-order valence-corrected chi connectivity index (χ1v) is 11.5. The number of methoxy groups -OCH3 is 2. The van der Waals surface area contributed by atoms with Gasteiger partial charge in [0, 0.05) is 61.7 Å². The third-order valence-electron chi connectivity index (χ3n) is 6.31. The second-order valence-corrected chi connectivity index (χ2v) is 8.26. The Labute approximate surface area is 199 Å². The average Bonchev–Trinajstić information content (AvgIpc) is 3.31. The van der Waals surface area contributed by atoms with Gasteiger partial charge in [0.2, 0.25) is 5.91 Å². The van der Waals surface area contributed by atoms with Crippen LogP contribution in [0.5, 0.6) is 11.5 Å². The number of hydrogen-bond donors (Lipinski definition) is 1. The fraction of sp³-hybridized carbons (Fsp3) is 0.385. The number of aromatic amines is 1. The van der Waals surface area contributed by atoms with Gasteiger partial charge >= 0.3 is 6.09 Å². The van der Waals surface area contributed by atoms with E-state index in [1.807, 2.05) is 47.5 Å². The summed E-state index contributed by atoms with van der Waals surface area (Å²) in [5.41, 5.74) is 3.01. The predicted octanol–water partition coefficient (Wildman–Crippen LogP) is 4.01. The number of carbonyl (C=O) groups excluding carboxylic acids is 2. The van der Waals surface area contributed by atoms with Gasteiger partial charge in [-0.1, -0.05) is 18.2 Å². The number of H-pyrrole nitrogens is 1. The molecule has 1 aliphatic rings. The number of carbonyl (C=O) groups is 2. The van der Waals surface area contributed by atoms with E-state index in [2.05, 4.69) is 11.1 Å². The number of hydrogen-bond acceptors (Lipinski definition) is 5. The topological polar surface area (TPSA) is 84.1 Å². The highest BCUT2D eigenvalue weighted by molar-refractivity contribution is 5.86. The summed E-state index contributed by atoms with van der Waals surface area (Å²) in [6.07, 6.45) is 1.94. The molecule has 8 heteroatoms. The molecular formula is C26H31N3O5. The molecular weight excluding hydrogens is 434 g/mol. The Hall–Kier alpha value is -3.68. The lowest BCUT2D eigenvalue weighted by Gasteiger charge is -2.34. The number of piperazine rings is 1. The molecule has 1 saturated heterocycles. The van der Waals surface area contributed by atoms with E-state index in [9.17, 15) is 9.59 Å². The Morgan fingerprint density at radius 2 is 1.62 bits per heavy atom. The SMILES string of the molecule is CCOC(=O)N1CCN(C(=O)CC(c2cc(OC)cc(OC)c2)c2c[nH]c3ccccc23)CC1. The number of rotatable bonds is 7. The van der Waals surface area contributed by atoms with Crippen LogP contribution in [0.1, 0.15) is 30.4 Å². The highest BCUT2D eigenvalue weighted by atomic mass is 16.6. The molecule has 1 aliphatic heterocycles. The molecule has 0 saturated carbocycles. The van der Waals surface area contributed by atoms with Crippen LogP contribution in [0.2, 0.25) is 0 Å². The Morgan fingerprint density at radius 3 is 2.26 bits per heavy atom. The first-order valence-electron chi connectivity index (χ1n) is 11.5. The highest BCUT2D eigenvalue weighted by Crippen LogP contribution is 2.37. The third-order valence-corrected chi connectivity index (χ3v) is 6.31. The Balaban J connectivity index is 1.61. The summed E-state index contributed by atoms with van der Waals surface area (Å²) in [4.78, 5) is 32.3. The van der Waals surface area contributed by atoms with Crippen LogP contribution >= 0.6 is 0 Å². The van der Waals surface area contributed by atoms with Crippen LogP contribution in [-0.2, 0) is 9.53 Å². The van der Waals surface area contributed by atoms with E-state index in [1.54, 1.807) is 26.0 Å². The van der Waals surface area contributed by atoms with Crippen molar-refractivity contribution >= 4 is 22.9 Å². The van der Waals surface area contributed by atoms with Crippen LogP contribution in [0.25, 0.3) is 10.9 Å². The number of nitrogens with zero attached hydrogens (tertiary/aromatic N) is 2. The summed E-state index contributed by atoms with van der Waals surface area (Å²) in [6, 6.07) is 13.8. The van der Waals surface area contributed by atoms with Crippen LogP contribution in [0.4, 0.5) is 4.79 Å². The lowest BCUT2D eigenvalue weighted by atomic mass is 9.87. The summed E-state index contributed by atoms with van der Waals surface area (Å²) in [7, 11) is 3.24. The van der Waals surface area contributed by atoms with Gasteiger partial charge in [0.05, 0.1) is 20.8 Å². The molecule has 0 aliphatic carbocycles. The molecule has 0 bridgehead atoms. The van der Waals surface area contributed by atoms with Crippen molar-refractivity contribution in [3.05, 3.63) is 59.8 Å². The maximum atomic E-state index is 13.4. The fourth-order valence-electron chi connectivity index (χ4n) is 4.48. The first-order chi connectivity index (χ1) is 16.5. The lowest BCUT2D eigenvalue weighted by Crippen LogP contribution is -2.50. The molecule has 2 amide bonds. The van der Waals surface area contributed by atoms with Gasteiger partial charge in [-0.2, -0.15) is 0 Å². The smallest absolute Gasteiger partial charge is 0.409 e. The third kappa shape index (κ3) is 4.95. The molecule has 1 atom stereocenters. The molecule has 2 aromatic carbocycles. The van der Waals surface area contributed by atoms with E-state index in [-0.39, 0.29) is 24.3 Å². The van der Waals surface area contributed by atoms with Crippen molar-refractivity contribution in [3.8, 4) is 11.5 Å². The van der Waals surface area contributed by atoms with Crippen molar-refractivity contribution in [3.63, 3.8) is 0 Å². The van der Waals surface area contributed by atoms with Gasteiger partial charge in [-0.15, -0.1) is 0 Å². The number of nitrogens with one attached hydrogen (secondary N) is 1. The number of fused-ring (bicyclic) bond motifs is 1. The number of benzene rings is 2. The summed E-state index contributed by atoms with van der Waals surface area (Å²) < 4.78 is 16.1. The van der Waals surface area contributed by atoms with Crippen LogP contribution in [-0.4, -0.2) is 73.8 Å². The normalized spacial score (nSPS) is 14.7. The minimum atomic E-state index is -0.324. The largest absolute Gasteiger partial charge is 0.497 e. The second-order valence-electron chi connectivity index (χ2n) is 8.26. The first kappa shape index (κ1) is 23.5. The van der Waals surface area contributed by atoms with Gasteiger partial charge in [0.1, 0.15) is 11.5 Å². The minimum absolute atomic E-state index is 0.0422. The molecule has 1 unspecified atom stereocenters. The van der Waals surface area contributed by atoms with Gasteiger partial charge in [0.15, 0.2) is 0 Å². The van der Waals surface area contributed by atoms with E-state index < -0.39 is 0 Å². The monoisotopic (exact) mass is 465 g/mol. The number of amides is 2. The molecule has 2 heterocycles. The Kier molecular flexibility index (Phi) is 7.25. The maximum Gasteiger partial charge on any atom is 0.409 e. The highest BCUT2D eigenvalue weighted by Gasteiger charge is 2.29. The predicted molar refractivity (Wildman–Crippen MR) is 129 cm³/mol. The van der Waals surface area contributed by atoms with Crippen LogP contribution in [0.15, 0.2) is 48.7 Å². The zero-order valence-corrected chi connectivity index (χ0v) is 19.9. The van der Waals surface area contributed by atoms with E-state index in [1.165, 1.54) is 0 Å². The number of aromatic nitrogens is 1. The minimum Gasteiger partial charge on any atom is -0.497 e. The molecule has 1 N–H and O–H groups in total. The van der Waals surface area contributed by atoms with Gasteiger partial charge in [-0.05, 0) is 36.2 Å². The molecule has 8 nitrogen and oxygen atoms in total. The van der Waals surface area contributed by atoms with Crippen molar-refractivity contribution in [2.45, 2.75) is 19.3 Å². The van der Waals surface area contributed by atoms with Gasteiger partial charge < -0.3 is 29.0 Å². The lowest BCUT2D eigenvalue weighted by molar-refractivity contribution is -0.133. The molecule has 4 rings (SSSR count). The van der Waals surface area contributed by atoms with Crippen molar-refractivity contribution in [1.29, 1.82) is 0 Å². The van der Waals surface area contributed by atoms with Crippen LogP contribution < -0.4 is 9.47 Å². The number of ether oxygens (including phenoxy) is 3. The zero-order valence-electron chi connectivity index (χ0n) is 19.9. The van der Waals surface area contributed by atoms with E-state index in [4.69, 9.17) is 14.2 Å². The fourth-order valence-corrected chi connectivity index (χ4v) is 4.48. The van der Waals surface area contributed by atoms with Crippen molar-refractivity contribution in [2.24, 2.45) is 0 Å². The summed E-state index contributed by atoms with van der Waals surface area (Å²) in [5, 5.41) is 1.08. The summed E-state index contributed by atoms with van der Waals surface area (Å²) in [5.74, 6) is 1.20. The van der Waals surface area contributed by atoms with E-state index in [0.29, 0.717) is 44.3 Å². The zero-order chi connectivity index (χ0) is 24.1. The van der Waals surface area contributed by atoms with Gasteiger partial charge in [-0.3, -0.25) is 4.79 Å². The average molecular weight is 466 g/mol. The van der Waals surface area contributed by atoms with Crippen molar-refractivity contribution < 1.29 is 23.8 Å². The summed E-state index contributed by atoms with van der Waals surface area (Å²) >= 11 is 0. The molecule has 34 heavy (non-hydrogen) atoms. The van der Waals surface area contributed by atoms with Crippen LogP contribution in [0, 0.1) is 0 Å². The van der Waals surface area contributed by atoms with E-state index in [0.717, 1.165) is 22.0 Å². The number of para-hydroxylation sites is 1. The molecule has 1 fully saturated rings. The Bertz CT molecular complexity index is 1130. The summed E-state index contributed by atoms with van der Waals surface area (Å²) in [6.45, 7) is 4.04. The van der Waals surface area contributed by atoms with Gasteiger partial charge in [-0.25, -0.2) is 4.79 Å². The molecule has 180 valence electrons. The molecule has 0 radical (unpaired) electrons. The maximum absolute atomic E-state index is 13.4. The quantitative estimate of drug-likeness (QED) is 0.570. The molecule has 3 aromatic rings. The second kappa shape index (κ2) is 10.5. The van der Waals surface area contributed by atoms with E-state index >= 15 is 0 Å². The van der Waals surface area contributed by atoms with Crippen LogP contribution in [0.3, 0.4) is 0 Å². The molecule has 0 spiro atoms. The standard InChI is InChI=1S/C26H31N3O5/c1-4-34-26(31)29-11-9-28(10-12-29)25(30)16-22(18-13-19(32-2)15-20(14-18)33-3)23-17-27-24-8-6-5-7-21(23)24/h5-8,13-15,17,22,27H,4,9-12,16H2,1-3H3. The molecule has 1 aromatic heterocycles. The van der Waals surface area contributed by atoms with Crippen molar-refractivity contribution in [2.75, 3.05) is 47.0 Å². The Morgan fingerprint density at radius 1 is 0.971 bits per heavy atom. The van der Waals surface area contributed by atoms with Gasteiger partial charge in [0.25, 0.3) is 0 Å². The van der Waals surface area contributed by atoms with Crippen molar-refractivity contribution in [1.82, 2.24) is 14.8 Å².